The Hall–Kier alpha value is -3.22. The monoisotopic (exact) mass is 315 g/mol. The zero-order chi connectivity index (χ0) is 17.0. The zero-order valence-corrected chi connectivity index (χ0v) is 11.9. The van der Waals surface area contributed by atoms with Gasteiger partial charge in [-0.05, 0) is 29.7 Å². The highest BCUT2D eigenvalue weighted by Crippen LogP contribution is 2.24. The molecule has 0 aliphatic carbocycles. The van der Waals surface area contributed by atoms with Crippen LogP contribution < -0.4 is 0 Å². The van der Waals surface area contributed by atoms with Crippen molar-refractivity contribution in [2.75, 3.05) is 0 Å². The van der Waals surface area contributed by atoms with E-state index in [-0.39, 0.29) is 17.7 Å². The van der Waals surface area contributed by atoms with Crippen LogP contribution in [0.25, 0.3) is 0 Å². The van der Waals surface area contributed by atoms with Gasteiger partial charge in [0.1, 0.15) is 0 Å². The number of rotatable bonds is 6. The minimum Gasteiger partial charge on any atom is -0.481 e. The number of hydrogen-bond donors (Lipinski definition) is 2. The number of non-ortho nitro benzene ring substituents is 1. The average Bonchev–Trinajstić information content (AvgIpc) is 2.53. The second-order valence-corrected chi connectivity index (χ2v) is 4.95. The molecule has 0 bridgehead atoms. The molecule has 7 nitrogen and oxygen atoms in total. The quantitative estimate of drug-likeness (QED) is 0.625. The maximum Gasteiger partial charge on any atom is 0.335 e. The summed E-state index contributed by atoms with van der Waals surface area (Å²) < 4.78 is 0. The fourth-order valence-electron chi connectivity index (χ4n) is 2.20. The first-order valence-electron chi connectivity index (χ1n) is 6.68. The van der Waals surface area contributed by atoms with Gasteiger partial charge in [0.25, 0.3) is 5.69 Å². The number of benzene rings is 2. The van der Waals surface area contributed by atoms with Crippen LogP contribution >= 0.6 is 0 Å². The highest BCUT2D eigenvalue weighted by molar-refractivity contribution is 5.87. The summed E-state index contributed by atoms with van der Waals surface area (Å²) in [7, 11) is 0. The summed E-state index contributed by atoms with van der Waals surface area (Å²) in [6, 6.07) is 11.3. The Bertz CT molecular complexity index is 736. The third-order valence-corrected chi connectivity index (χ3v) is 3.45. The predicted molar refractivity (Wildman–Crippen MR) is 80.6 cm³/mol. The molecule has 1 atom stereocenters. The molecule has 118 valence electrons. The third-order valence-electron chi connectivity index (χ3n) is 3.45. The Morgan fingerprint density at radius 1 is 1.00 bits per heavy atom. The van der Waals surface area contributed by atoms with E-state index >= 15 is 0 Å². The van der Waals surface area contributed by atoms with Gasteiger partial charge in [0.2, 0.25) is 0 Å². The van der Waals surface area contributed by atoms with Crippen molar-refractivity contribution in [1.29, 1.82) is 0 Å². The molecule has 0 amide bonds. The summed E-state index contributed by atoms with van der Waals surface area (Å²) in [5.41, 5.74) is 1.13. The van der Waals surface area contributed by atoms with Gasteiger partial charge in [0.15, 0.2) is 0 Å². The van der Waals surface area contributed by atoms with E-state index in [9.17, 15) is 24.8 Å². The van der Waals surface area contributed by atoms with Crippen molar-refractivity contribution in [3.63, 3.8) is 0 Å². The lowest BCUT2D eigenvalue weighted by Crippen LogP contribution is -2.14. The Morgan fingerprint density at radius 3 is 2.00 bits per heavy atom. The van der Waals surface area contributed by atoms with Crippen molar-refractivity contribution in [1.82, 2.24) is 0 Å². The molecule has 0 heterocycles. The molecule has 0 aliphatic heterocycles. The second-order valence-electron chi connectivity index (χ2n) is 4.95. The molecule has 0 aliphatic rings. The first-order chi connectivity index (χ1) is 10.9. The van der Waals surface area contributed by atoms with E-state index in [1.165, 1.54) is 36.4 Å². The molecule has 0 radical (unpaired) electrons. The summed E-state index contributed by atoms with van der Waals surface area (Å²) in [5, 5.41) is 28.9. The summed E-state index contributed by atoms with van der Waals surface area (Å²) in [6.45, 7) is 0. The topological polar surface area (TPSA) is 118 Å². The first kappa shape index (κ1) is 16.2. The largest absolute Gasteiger partial charge is 0.481 e. The van der Waals surface area contributed by atoms with Crippen LogP contribution in [0.1, 0.15) is 27.4 Å². The van der Waals surface area contributed by atoms with Crippen molar-refractivity contribution in [2.24, 2.45) is 0 Å². The van der Waals surface area contributed by atoms with Crippen molar-refractivity contribution >= 4 is 17.6 Å². The van der Waals surface area contributed by atoms with Crippen LogP contribution in [0.4, 0.5) is 5.69 Å². The molecule has 0 saturated heterocycles. The Labute approximate surface area is 131 Å². The molecule has 7 heteroatoms. The molecule has 0 fully saturated rings. The number of hydrogen-bond acceptors (Lipinski definition) is 4. The molecule has 2 aromatic rings. The minimum absolute atomic E-state index is 0.108. The number of nitro groups is 1. The highest BCUT2D eigenvalue weighted by Gasteiger charge is 2.21. The van der Waals surface area contributed by atoms with Gasteiger partial charge in [0, 0.05) is 12.1 Å². The Morgan fingerprint density at radius 2 is 1.57 bits per heavy atom. The van der Waals surface area contributed by atoms with Gasteiger partial charge in [-0.1, -0.05) is 24.3 Å². The smallest absolute Gasteiger partial charge is 0.335 e. The van der Waals surface area contributed by atoms with E-state index < -0.39 is 22.8 Å². The van der Waals surface area contributed by atoms with E-state index in [1.54, 1.807) is 12.1 Å². The van der Waals surface area contributed by atoms with Crippen LogP contribution in [-0.4, -0.2) is 27.1 Å². The van der Waals surface area contributed by atoms with Gasteiger partial charge >= 0.3 is 11.9 Å². The zero-order valence-electron chi connectivity index (χ0n) is 11.9. The lowest BCUT2D eigenvalue weighted by Gasteiger charge is -2.13. The van der Waals surface area contributed by atoms with Crippen LogP contribution in [-0.2, 0) is 11.2 Å². The number of nitrogens with zero attached hydrogens (tertiary/aromatic N) is 1. The number of nitro benzene ring substituents is 1. The molecule has 0 aromatic heterocycles. The van der Waals surface area contributed by atoms with E-state index in [2.05, 4.69) is 0 Å². The van der Waals surface area contributed by atoms with Gasteiger partial charge in [0.05, 0.1) is 16.4 Å². The minimum atomic E-state index is -1.05. The fraction of sp³-hybridized carbons (Fsp3) is 0.125. The lowest BCUT2D eigenvalue weighted by atomic mass is 9.91. The summed E-state index contributed by atoms with van der Waals surface area (Å²) in [5.74, 6) is -2.98. The Kier molecular flexibility index (Phi) is 4.70. The van der Waals surface area contributed by atoms with Crippen molar-refractivity contribution in [3.8, 4) is 0 Å². The molecule has 0 spiro atoms. The number of aliphatic carboxylic acids is 1. The van der Waals surface area contributed by atoms with Crippen molar-refractivity contribution in [3.05, 3.63) is 75.3 Å². The fourth-order valence-corrected chi connectivity index (χ4v) is 2.20. The number of carbonyl (C=O) groups is 2. The highest BCUT2D eigenvalue weighted by atomic mass is 16.6. The number of carboxylic acid groups (broad SMARTS) is 2. The van der Waals surface area contributed by atoms with Gasteiger partial charge in [-0.3, -0.25) is 14.9 Å². The predicted octanol–water partition coefficient (Wildman–Crippen LogP) is 2.70. The third kappa shape index (κ3) is 3.91. The van der Waals surface area contributed by atoms with Crippen molar-refractivity contribution < 1.29 is 24.7 Å². The van der Waals surface area contributed by atoms with Crippen LogP contribution in [0.15, 0.2) is 48.5 Å². The molecule has 1 unspecified atom stereocenters. The van der Waals surface area contributed by atoms with Gasteiger partial charge in [-0.2, -0.15) is 0 Å². The summed E-state index contributed by atoms with van der Waals surface area (Å²) in [6.07, 6.45) is 0.160. The van der Waals surface area contributed by atoms with Crippen molar-refractivity contribution in [2.45, 2.75) is 12.3 Å². The Balaban J connectivity index is 2.23. The van der Waals surface area contributed by atoms with Crippen LogP contribution in [0, 0.1) is 10.1 Å². The molecule has 0 saturated carbocycles. The second kappa shape index (κ2) is 6.69. The molecular formula is C16H13NO6. The van der Waals surface area contributed by atoms with Gasteiger partial charge in [-0.15, -0.1) is 0 Å². The molecule has 2 N–H and O–H groups in total. The molecule has 2 rings (SSSR count). The van der Waals surface area contributed by atoms with Crippen LogP contribution in [0.5, 0.6) is 0 Å². The van der Waals surface area contributed by atoms with Crippen LogP contribution in [0.2, 0.25) is 0 Å². The standard InChI is InChI=1S/C16H13NO6/c18-15(19)12-3-1-10(2-4-12)9-14(16(20)21)11-5-7-13(8-6-11)17(22)23/h1-8,14H,9H2,(H,18,19)(H,20,21). The lowest BCUT2D eigenvalue weighted by molar-refractivity contribution is -0.384. The number of carboxylic acids is 2. The van der Waals surface area contributed by atoms with E-state index in [1.807, 2.05) is 0 Å². The van der Waals surface area contributed by atoms with E-state index in [0.717, 1.165) is 0 Å². The average molecular weight is 315 g/mol. The molecule has 23 heavy (non-hydrogen) atoms. The van der Waals surface area contributed by atoms with Gasteiger partial charge < -0.3 is 10.2 Å². The van der Waals surface area contributed by atoms with E-state index in [0.29, 0.717) is 11.1 Å². The normalized spacial score (nSPS) is 11.7. The molecule has 2 aromatic carbocycles. The van der Waals surface area contributed by atoms with Gasteiger partial charge in [-0.25, -0.2) is 4.79 Å². The molecular weight excluding hydrogens is 302 g/mol. The maximum atomic E-state index is 11.5. The summed E-state index contributed by atoms with van der Waals surface area (Å²) >= 11 is 0. The number of aromatic carboxylic acids is 1. The SMILES string of the molecule is O=C(O)c1ccc(CC(C(=O)O)c2ccc([N+](=O)[O-])cc2)cc1. The maximum absolute atomic E-state index is 11.5. The summed E-state index contributed by atoms with van der Waals surface area (Å²) in [4.78, 5) is 32.4. The first-order valence-corrected chi connectivity index (χ1v) is 6.68. The van der Waals surface area contributed by atoms with E-state index in [4.69, 9.17) is 5.11 Å². The van der Waals surface area contributed by atoms with Crippen LogP contribution in [0.3, 0.4) is 0 Å².